The fourth-order valence-corrected chi connectivity index (χ4v) is 5.24. The van der Waals surface area contributed by atoms with Gasteiger partial charge in [0.25, 0.3) is 11.1 Å². The van der Waals surface area contributed by atoms with Crippen molar-refractivity contribution in [3.05, 3.63) is 74.2 Å². The largest absolute Gasteiger partial charge is 0.490 e. The van der Waals surface area contributed by atoms with E-state index in [9.17, 15) is 14.4 Å². The molecule has 0 N–H and O–H groups in total. The Morgan fingerprint density at radius 1 is 1.09 bits per heavy atom. The molecule has 1 fully saturated rings. The molecule has 0 spiro atoms. The molecule has 3 aromatic carbocycles. The van der Waals surface area contributed by atoms with Crippen LogP contribution < -0.4 is 9.47 Å². The lowest BCUT2D eigenvalue weighted by Gasteiger charge is -2.16. The highest BCUT2D eigenvalue weighted by atomic mass is 127. The zero-order chi connectivity index (χ0) is 24.9. The van der Waals surface area contributed by atoms with Crippen LogP contribution in [0.25, 0.3) is 16.8 Å². The highest BCUT2D eigenvalue weighted by Gasteiger charge is 2.36. The Bertz CT molecular complexity index is 1330. The molecule has 0 radical (unpaired) electrons. The van der Waals surface area contributed by atoms with Gasteiger partial charge < -0.3 is 14.2 Å². The van der Waals surface area contributed by atoms with Crippen LogP contribution in [0.1, 0.15) is 18.1 Å². The SMILES string of the molecule is CCOc1cc(/C=C2/SC(=O)N(CC(=O)OC)C2=O)cc(I)c1OCc1cccc2ccccc12. The molecule has 35 heavy (non-hydrogen) atoms. The maximum Gasteiger partial charge on any atom is 0.325 e. The Labute approximate surface area is 220 Å². The van der Waals surface area contributed by atoms with Crippen LogP contribution in [0.4, 0.5) is 4.79 Å². The van der Waals surface area contributed by atoms with E-state index in [1.54, 1.807) is 12.1 Å². The number of hydrogen-bond donors (Lipinski definition) is 0. The number of rotatable bonds is 8. The second-order valence-electron chi connectivity index (χ2n) is 7.53. The fourth-order valence-electron chi connectivity index (χ4n) is 3.62. The summed E-state index contributed by atoms with van der Waals surface area (Å²) in [6.07, 6.45) is 1.61. The van der Waals surface area contributed by atoms with E-state index in [1.807, 2.05) is 37.3 Å². The lowest BCUT2D eigenvalue weighted by Crippen LogP contribution is -2.34. The minimum absolute atomic E-state index is 0.224. The topological polar surface area (TPSA) is 82.1 Å². The smallest absolute Gasteiger partial charge is 0.325 e. The van der Waals surface area contributed by atoms with Crippen LogP contribution in [0.3, 0.4) is 0 Å². The molecule has 1 saturated heterocycles. The van der Waals surface area contributed by atoms with Crippen LogP contribution in [0, 0.1) is 3.57 Å². The molecular formula is C26H22INO6S. The monoisotopic (exact) mass is 603 g/mol. The van der Waals surface area contributed by atoms with Crippen molar-refractivity contribution in [2.45, 2.75) is 13.5 Å². The first-order chi connectivity index (χ1) is 16.9. The summed E-state index contributed by atoms with van der Waals surface area (Å²) in [6, 6.07) is 17.9. The van der Waals surface area contributed by atoms with E-state index >= 15 is 0 Å². The number of imide groups is 1. The molecule has 3 aromatic rings. The Morgan fingerprint density at radius 2 is 1.86 bits per heavy atom. The number of nitrogens with zero attached hydrogens (tertiary/aromatic N) is 1. The molecule has 0 aromatic heterocycles. The summed E-state index contributed by atoms with van der Waals surface area (Å²) in [4.78, 5) is 37.5. The highest BCUT2D eigenvalue weighted by molar-refractivity contribution is 14.1. The summed E-state index contributed by atoms with van der Waals surface area (Å²) in [5.74, 6) is -0.0416. The number of fused-ring (bicyclic) bond motifs is 1. The van der Waals surface area contributed by atoms with Crippen LogP contribution in [0.2, 0.25) is 0 Å². The summed E-state index contributed by atoms with van der Waals surface area (Å²) in [5, 5.41) is 1.76. The van der Waals surface area contributed by atoms with Crippen molar-refractivity contribution in [2.75, 3.05) is 20.3 Å². The van der Waals surface area contributed by atoms with Gasteiger partial charge in [-0.25, -0.2) is 0 Å². The number of ether oxygens (including phenoxy) is 3. The Kier molecular flexibility index (Phi) is 7.97. The van der Waals surface area contributed by atoms with Crippen molar-refractivity contribution in [1.29, 1.82) is 0 Å². The molecule has 9 heteroatoms. The number of halogens is 1. The maximum atomic E-state index is 12.7. The normalized spacial score (nSPS) is 14.6. The van der Waals surface area contributed by atoms with Crippen molar-refractivity contribution in [3.8, 4) is 11.5 Å². The van der Waals surface area contributed by atoms with Gasteiger partial charge in [-0.3, -0.25) is 19.3 Å². The number of thioether (sulfide) groups is 1. The Morgan fingerprint density at radius 3 is 2.63 bits per heavy atom. The Balaban J connectivity index is 1.59. The molecule has 0 saturated carbocycles. The standard InChI is InChI=1S/C26H22INO6S/c1-3-33-21-12-16(13-22-25(30)28(26(31)35-22)14-23(29)32-2)11-20(27)24(21)34-15-18-9-6-8-17-7-4-5-10-19(17)18/h4-13H,3,14-15H2,1-2H3/b22-13+. The summed E-state index contributed by atoms with van der Waals surface area (Å²) in [6.45, 7) is 2.26. The van der Waals surface area contributed by atoms with Crippen molar-refractivity contribution in [2.24, 2.45) is 0 Å². The average molecular weight is 603 g/mol. The van der Waals surface area contributed by atoms with Crippen LogP contribution >= 0.6 is 34.4 Å². The molecule has 0 atom stereocenters. The number of benzene rings is 3. The zero-order valence-corrected chi connectivity index (χ0v) is 22.1. The zero-order valence-electron chi connectivity index (χ0n) is 19.1. The lowest BCUT2D eigenvalue weighted by atomic mass is 10.1. The van der Waals surface area contributed by atoms with Crippen LogP contribution in [-0.2, 0) is 20.9 Å². The second-order valence-corrected chi connectivity index (χ2v) is 9.69. The van der Waals surface area contributed by atoms with Crippen LogP contribution in [0.5, 0.6) is 11.5 Å². The van der Waals surface area contributed by atoms with Gasteiger partial charge in [-0.2, -0.15) is 0 Å². The van der Waals surface area contributed by atoms with Gasteiger partial charge in [0.05, 0.1) is 22.2 Å². The third-order valence-corrected chi connectivity index (χ3v) is 6.98. The van der Waals surface area contributed by atoms with Gasteiger partial charge in [0.15, 0.2) is 11.5 Å². The number of methoxy groups -OCH3 is 1. The second kappa shape index (κ2) is 11.1. The number of carbonyl (C=O) groups is 3. The lowest BCUT2D eigenvalue weighted by molar-refractivity contribution is -0.143. The molecule has 0 unspecified atom stereocenters. The van der Waals surface area contributed by atoms with Crippen molar-refractivity contribution < 1.29 is 28.6 Å². The van der Waals surface area contributed by atoms with Crippen molar-refractivity contribution in [3.63, 3.8) is 0 Å². The number of esters is 1. The molecule has 0 aliphatic carbocycles. The van der Waals surface area contributed by atoms with E-state index in [2.05, 4.69) is 45.5 Å². The molecule has 0 bridgehead atoms. The predicted molar refractivity (Wildman–Crippen MR) is 143 cm³/mol. The summed E-state index contributed by atoms with van der Waals surface area (Å²) < 4.78 is 17.4. The van der Waals surface area contributed by atoms with Gasteiger partial charge in [0.2, 0.25) is 0 Å². The predicted octanol–water partition coefficient (Wildman–Crippen LogP) is 5.63. The summed E-state index contributed by atoms with van der Waals surface area (Å²) in [7, 11) is 1.21. The van der Waals surface area contributed by atoms with E-state index in [0.29, 0.717) is 30.3 Å². The van der Waals surface area contributed by atoms with Gasteiger partial charge in [0.1, 0.15) is 13.2 Å². The molecule has 7 nitrogen and oxygen atoms in total. The first kappa shape index (κ1) is 25.1. The Hall–Kier alpha value is -3.05. The third-order valence-electron chi connectivity index (χ3n) is 5.27. The van der Waals surface area contributed by atoms with Gasteiger partial charge in [-0.1, -0.05) is 42.5 Å². The maximum absolute atomic E-state index is 12.7. The van der Waals surface area contributed by atoms with E-state index in [0.717, 1.165) is 36.6 Å². The molecule has 1 heterocycles. The van der Waals surface area contributed by atoms with Gasteiger partial charge >= 0.3 is 5.97 Å². The number of amides is 2. The molecular weight excluding hydrogens is 581 g/mol. The minimum Gasteiger partial charge on any atom is -0.490 e. The first-order valence-electron chi connectivity index (χ1n) is 10.8. The van der Waals surface area contributed by atoms with Crippen LogP contribution in [-0.4, -0.2) is 42.3 Å². The van der Waals surface area contributed by atoms with Crippen LogP contribution in [0.15, 0.2) is 59.5 Å². The van der Waals surface area contributed by atoms with Gasteiger partial charge in [0, 0.05) is 0 Å². The third kappa shape index (κ3) is 5.62. The van der Waals surface area contributed by atoms with E-state index in [-0.39, 0.29) is 4.91 Å². The van der Waals surface area contributed by atoms with E-state index < -0.39 is 23.7 Å². The van der Waals surface area contributed by atoms with Crippen molar-refractivity contribution in [1.82, 2.24) is 4.90 Å². The summed E-state index contributed by atoms with van der Waals surface area (Å²) >= 11 is 2.95. The number of hydrogen-bond acceptors (Lipinski definition) is 7. The fraction of sp³-hybridized carbons (Fsp3) is 0.192. The average Bonchev–Trinajstić information content (AvgIpc) is 3.10. The molecule has 1 aliphatic heterocycles. The van der Waals surface area contributed by atoms with E-state index in [1.165, 1.54) is 7.11 Å². The molecule has 180 valence electrons. The van der Waals surface area contributed by atoms with Gasteiger partial charge in [-0.05, 0) is 81.4 Å². The minimum atomic E-state index is -0.658. The quantitative estimate of drug-likeness (QED) is 0.188. The molecule has 1 aliphatic rings. The highest BCUT2D eigenvalue weighted by Crippen LogP contribution is 2.38. The molecule has 2 amide bonds. The summed E-state index contributed by atoms with van der Waals surface area (Å²) in [5.41, 5.74) is 1.74. The van der Waals surface area contributed by atoms with Gasteiger partial charge in [-0.15, -0.1) is 0 Å². The molecule has 4 rings (SSSR count). The number of carbonyl (C=O) groups excluding carboxylic acids is 3. The van der Waals surface area contributed by atoms with E-state index in [4.69, 9.17) is 9.47 Å². The van der Waals surface area contributed by atoms with Crippen molar-refractivity contribution >= 4 is 68.3 Å². The first-order valence-corrected chi connectivity index (χ1v) is 12.7.